The van der Waals surface area contributed by atoms with Crippen LogP contribution in [-0.2, 0) is 0 Å². The van der Waals surface area contributed by atoms with Crippen LogP contribution in [-0.4, -0.2) is 22.6 Å². The van der Waals surface area contributed by atoms with Crippen molar-refractivity contribution in [2.75, 3.05) is 7.11 Å². The maximum atomic E-state index is 11.6. The van der Waals surface area contributed by atoms with Gasteiger partial charge in [0.2, 0.25) is 0 Å². The number of pyridine rings is 1. The first-order valence-electron chi connectivity index (χ1n) is 6.18. The van der Waals surface area contributed by atoms with E-state index in [1.54, 1.807) is 13.2 Å². The van der Waals surface area contributed by atoms with E-state index in [4.69, 9.17) is 4.74 Å². The summed E-state index contributed by atoms with van der Waals surface area (Å²) in [5, 5.41) is 9.50. The van der Waals surface area contributed by atoms with Crippen LogP contribution in [0.15, 0.2) is 54.9 Å². The molecule has 3 rings (SSSR count). The minimum absolute atomic E-state index is 0.304. The summed E-state index contributed by atoms with van der Waals surface area (Å²) in [5.41, 5.74) is 2.49. The minimum Gasteiger partial charge on any atom is -0.497 e. The number of nitrogens with zero attached hydrogens (tertiary/aromatic N) is 1. The maximum Gasteiger partial charge on any atom is 0.338 e. The normalized spacial score (nSPS) is 10.7. The van der Waals surface area contributed by atoms with E-state index < -0.39 is 5.97 Å². The topological polar surface area (TPSA) is 50.9 Å². The Hall–Kier alpha value is -2.75. The van der Waals surface area contributed by atoms with Gasteiger partial charge in [0.05, 0.1) is 18.2 Å². The van der Waals surface area contributed by atoms with E-state index in [-0.39, 0.29) is 0 Å². The molecule has 1 aromatic carbocycles. The Morgan fingerprint density at radius 1 is 1.20 bits per heavy atom. The molecule has 2 heterocycles. The molecule has 0 saturated heterocycles. The molecule has 0 radical (unpaired) electrons. The van der Waals surface area contributed by atoms with Crippen LogP contribution in [0.1, 0.15) is 10.4 Å². The molecule has 0 bridgehead atoms. The number of carboxylic acids is 1. The van der Waals surface area contributed by atoms with Crippen molar-refractivity contribution in [2.45, 2.75) is 0 Å². The molecule has 0 fully saturated rings. The van der Waals surface area contributed by atoms with Gasteiger partial charge in [-0.15, -0.1) is 0 Å². The average molecular weight is 267 g/mol. The standard InChI is InChI=1S/C16H13NO3/c1-20-12-6-4-5-11(9-12)13-10-17-8-3-2-7-14(17)15(13)16(18)19/h2-10H,1H3,(H,18,19). The Bertz CT molecular complexity index is 789. The fraction of sp³-hybridized carbons (Fsp3) is 0.0625. The summed E-state index contributed by atoms with van der Waals surface area (Å²) >= 11 is 0. The lowest BCUT2D eigenvalue weighted by atomic mass is 10.0. The van der Waals surface area contributed by atoms with Crippen molar-refractivity contribution < 1.29 is 14.6 Å². The second kappa shape index (κ2) is 4.74. The fourth-order valence-electron chi connectivity index (χ4n) is 2.36. The third kappa shape index (κ3) is 1.91. The maximum absolute atomic E-state index is 11.6. The van der Waals surface area contributed by atoms with Crippen LogP contribution < -0.4 is 4.74 Å². The molecule has 0 saturated carbocycles. The van der Waals surface area contributed by atoms with Crippen LogP contribution in [0.3, 0.4) is 0 Å². The fourth-order valence-corrected chi connectivity index (χ4v) is 2.36. The van der Waals surface area contributed by atoms with Gasteiger partial charge in [0.15, 0.2) is 0 Å². The van der Waals surface area contributed by atoms with E-state index in [0.29, 0.717) is 22.4 Å². The summed E-state index contributed by atoms with van der Waals surface area (Å²) in [6.45, 7) is 0. The van der Waals surface area contributed by atoms with Gasteiger partial charge in [0, 0.05) is 18.0 Å². The number of benzene rings is 1. The van der Waals surface area contributed by atoms with Crippen molar-refractivity contribution in [2.24, 2.45) is 0 Å². The molecular weight excluding hydrogens is 254 g/mol. The van der Waals surface area contributed by atoms with Crippen molar-refractivity contribution in [1.82, 2.24) is 4.40 Å². The molecule has 0 unspecified atom stereocenters. The Kier molecular flexibility index (Phi) is 2.91. The quantitative estimate of drug-likeness (QED) is 0.792. The lowest BCUT2D eigenvalue weighted by Gasteiger charge is -2.04. The van der Waals surface area contributed by atoms with Gasteiger partial charge in [-0.2, -0.15) is 0 Å². The molecule has 0 aliphatic rings. The molecule has 20 heavy (non-hydrogen) atoms. The molecule has 0 aliphatic heterocycles. The van der Waals surface area contributed by atoms with Gasteiger partial charge in [-0.05, 0) is 29.8 Å². The molecule has 4 heteroatoms. The number of ether oxygens (including phenoxy) is 1. The number of carbonyl (C=O) groups is 1. The molecular formula is C16H13NO3. The lowest BCUT2D eigenvalue weighted by Crippen LogP contribution is -1.97. The van der Waals surface area contributed by atoms with Crippen molar-refractivity contribution >= 4 is 11.5 Å². The predicted molar refractivity (Wildman–Crippen MR) is 76.3 cm³/mol. The van der Waals surface area contributed by atoms with Crippen LogP contribution in [0.2, 0.25) is 0 Å². The number of aromatic nitrogens is 1. The number of hydrogen-bond donors (Lipinski definition) is 1. The summed E-state index contributed by atoms with van der Waals surface area (Å²) in [6.07, 6.45) is 3.67. The third-order valence-corrected chi connectivity index (χ3v) is 3.28. The molecule has 0 spiro atoms. The first kappa shape index (κ1) is 12.3. The zero-order valence-corrected chi connectivity index (χ0v) is 10.9. The summed E-state index contributed by atoms with van der Waals surface area (Å²) in [4.78, 5) is 11.6. The number of fused-ring (bicyclic) bond motifs is 1. The number of rotatable bonds is 3. The molecule has 100 valence electrons. The lowest BCUT2D eigenvalue weighted by molar-refractivity contribution is 0.0700. The van der Waals surface area contributed by atoms with Crippen molar-refractivity contribution in [3.05, 3.63) is 60.4 Å². The first-order valence-corrected chi connectivity index (χ1v) is 6.18. The summed E-state index contributed by atoms with van der Waals surface area (Å²) in [5.74, 6) is -0.231. The Balaban J connectivity index is 2.29. The van der Waals surface area contributed by atoms with Gasteiger partial charge in [-0.25, -0.2) is 4.79 Å². The van der Waals surface area contributed by atoms with Crippen molar-refractivity contribution in [3.8, 4) is 16.9 Å². The van der Waals surface area contributed by atoms with Crippen molar-refractivity contribution in [3.63, 3.8) is 0 Å². The largest absolute Gasteiger partial charge is 0.497 e. The highest BCUT2D eigenvalue weighted by atomic mass is 16.5. The van der Waals surface area contributed by atoms with E-state index in [1.165, 1.54) is 0 Å². The van der Waals surface area contributed by atoms with E-state index in [2.05, 4.69) is 0 Å². The van der Waals surface area contributed by atoms with E-state index in [0.717, 1.165) is 5.56 Å². The van der Waals surface area contributed by atoms with Gasteiger partial charge in [0.25, 0.3) is 0 Å². The van der Waals surface area contributed by atoms with Gasteiger partial charge >= 0.3 is 5.97 Å². The predicted octanol–water partition coefficient (Wildman–Crippen LogP) is 3.31. The van der Waals surface area contributed by atoms with Crippen molar-refractivity contribution in [1.29, 1.82) is 0 Å². The first-order chi connectivity index (χ1) is 9.70. The Morgan fingerprint density at radius 3 is 2.80 bits per heavy atom. The molecule has 3 aromatic rings. The van der Waals surface area contributed by atoms with Crippen LogP contribution in [0.4, 0.5) is 0 Å². The van der Waals surface area contributed by atoms with Crippen LogP contribution in [0, 0.1) is 0 Å². The van der Waals surface area contributed by atoms with Gasteiger partial charge in [-0.3, -0.25) is 0 Å². The van der Waals surface area contributed by atoms with Crippen LogP contribution >= 0.6 is 0 Å². The van der Waals surface area contributed by atoms with E-state index >= 15 is 0 Å². The van der Waals surface area contributed by atoms with Gasteiger partial charge < -0.3 is 14.2 Å². The summed E-state index contributed by atoms with van der Waals surface area (Å²) in [7, 11) is 1.59. The highest BCUT2D eigenvalue weighted by molar-refractivity contribution is 6.03. The molecule has 4 nitrogen and oxygen atoms in total. The molecule has 0 aliphatic carbocycles. The van der Waals surface area contributed by atoms with Gasteiger partial charge in [-0.1, -0.05) is 18.2 Å². The number of methoxy groups -OCH3 is 1. The van der Waals surface area contributed by atoms with E-state index in [1.807, 2.05) is 53.2 Å². The smallest absolute Gasteiger partial charge is 0.338 e. The zero-order chi connectivity index (χ0) is 14.1. The minimum atomic E-state index is -0.934. The second-order valence-electron chi connectivity index (χ2n) is 4.45. The number of carboxylic acid groups (broad SMARTS) is 1. The molecule has 2 aromatic heterocycles. The zero-order valence-electron chi connectivity index (χ0n) is 10.9. The second-order valence-corrected chi connectivity index (χ2v) is 4.45. The number of hydrogen-bond acceptors (Lipinski definition) is 2. The van der Waals surface area contributed by atoms with E-state index in [9.17, 15) is 9.90 Å². The van der Waals surface area contributed by atoms with Crippen LogP contribution in [0.25, 0.3) is 16.6 Å². The monoisotopic (exact) mass is 267 g/mol. The average Bonchev–Trinajstić information content (AvgIpc) is 2.87. The Morgan fingerprint density at radius 2 is 2.05 bits per heavy atom. The third-order valence-electron chi connectivity index (χ3n) is 3.28. The molecule has 1 N–H and O–H groups in total. The van der Waals surface area contributed by atoms with Gasteiger partial charge in [0.1, 0.15) is 5.75 Å². The molecule has 0 amide bonds. The summed E-state index contributed by atoms with van der Waals surface area (Å²) in [6, 6.07) is 12.9. The Labute approximate surface area is 115 Å². The number of aromatic carboxylic acids is 1. The summed E-state index contributed by atoms with van der Waals surface area (Å²) < 4.78 is 7.01. The molecule has 0 atom stereocenters. The highest BCUT2D eigenvalue weighted by Gasteiger charge is 2.18. The highest BCUT2D eigenvalue weighted by Crippen LogP contribution is 2.30. The SMILES string of the molecule is COc1cccc(-c2cn3ccccc3c2C(=O)O)c1. The van der Waals surface area contributed by atoms with Crippen LogP contribution in [0.5, 0.6) is 5.75 Å².